The van der Waals surface area contributed by atoms with Crippen LogP contribution in [-0.4, -0.2) is 10.9 Å². The fourth-order valence-corrected chi connectivity index (χ4v) is 1.38. The van der Waals surface area contributed by atoms with E-state index < -0.39 is 0 Å². The zero-order valence-corrected chi connectivity index (χ0v) is 8.93. The third-order valence-electron chi connectivity index (χ3n) is 2.19. The Kier molecular flexibility index (Phi) is 3.00. The number of amides is 1. The van der Waals surface area contributed by atoms with Crippen LogP contribution in [0.15, 0.2) is 41.3 Å². The number of aromatic nitrogens is 1. The van der Waals surface area contributed by atoms with Gasteiger partial charge in [-0.2, -0.15) is 0 Å². The van der Waals surface area contributed by atoms with Crippen LogP contribution >= 0.6 is 0 Å². The van der Waals surface area contributed by atoms with Gasteiger partial charge in [-0.15, -0.1) is 0 Å². The van der Waals surface area contributed by atoms with E-state index in [9.17, 15) is 4.79 Å². The van der Waals surface area contributed by atoms with Crippen LogP contribution in [0.5, 0.6) is 0 Å². The zero-order chi connectivity index (χ0) is 11.4. The van der Waals surface area contributed by atoms with Crippen LogP contribution in [-0.2, 0) is 6.54 Å². The second-order valence-electron chi connectivity index (χ2n) is 3.53. The molecule has 1 aromatic heterocycles. The van der Waals surface area contributed by atoms with E-state index in [2.05, 4.69) is 10.3 Å². The lowest BCUT2D eigenvalue weighted by atomic mass is 10.1. The standard InChI is InChI=1S/C12H12N2O2/c1-9-3-2-4-10(5-9)12(15)13-6-11-7-16-8-14-11/h2-5,7-8H,6H2,1H3,(H,13,15). The van der Waals surface area contributed by atoms with Crippen LogP contribution in [0.4, 0.5) is 0 Å². The maximum atomic E-state index is 11.7. The van der Waals surface area contributed by atoms with Crippen molar-refractivity contribution >= 4 is 5.91 Å². The monoisotopic (exact) mass is 216 g/mol. The lowest BCUT2D eigenvalue weighted by Gasteiger charge is -2.03. The van der Waals surface area contributed by atoms with Gasteiger partial charge in [-0.25, -0.2) is 4.98 Å². The highest BCUT2D eigenvalue weighted by Crippen LogP contribution is 2.04. The molecule has 0 spiro atoms. The van der Waals surface area contributed by atoms with Gasteiger partial charge >= 0.3 is 0 Å². The summed E-state index contributed by atoms with van der Waals surface area (Å²) in [4.78, 5) is 15.6. The smallest absolute Gasteiger partial charge is 0.251 e. The molecule has 0 aliphatic rings. The first-order chi connectivity index (χ1) is 7.75. The van der Waals surface area contributed by atoms with E-state index in [0.717, 1.165) is 5.56 Å². The predicted molar refractivity (Wildman–Crippen MR) is 58.9 cm³/mol. The summed E-state index contributed by atoms with van der Waals surface area (Å²) >= 11 is 0. The Hall–Kier alpha value is -2.10. The number of rotatable bonds is 3. The molecule has 0 bridgehead atoms. The summed E-state index contributed by atoms with van der Waals surface area (Å²) in [6.07, 6.45) is 2.85. The molecule has 1 amide bonds. The van der Waals surface area contributed by atoms with Gasteiger partial charge in [-0.3, -0.25) is 4.79 Å². The first-order valence-electron chi connectivity index (χ1n) is 4.97. The summed E-state index contributed by atoms with van der Waals surface area (Å²) in [6.45, 7) is 2.33. The fraction of sp³-hybridized carbons (Fsp3) is 0.167. The van der Waals surface area contributed by atoms with Crippen LogP contribution in [0.3, 0.4) is 0 Å². The van der Waals surface area contributed by atoms with E-state index >= 15 is 0 Å². The average Bonchev–Trinajstić information content (AvgIpc) is 2.78. The molecule has 0 aliphatic carbocycles. The van der Waals surface area contributed by atoms with E-state index in [-0.39, 0.29) is 5.91 Å². The maximum Gasteiger partial charge on any atom is 0.251 e. The van der Waals surface area contributed by atoms with Gasteiger partial charge in [0.15, 0.2) is 6.39 Å². The Bertz CT molecular complexity index is 478. The van der Waals surface area contributed by atoms with Gasteiger partial charge in [0, 0.05) is 5.56 Å². The summed E-state index contributed by atoms with van der Waals surface area (Å²) in [5.41, 5.74) is 2.43. The van der Waals surface area contributed by atoms with Gasteiger partial charge in [0.25, 0.3) is 5.91 Å². The number of oxazole rings is 1. The highest BCUT2D eigenvalue weighted by atomic mass is 16.3. The number of aryl methyl sites for hydroxylation is 1. The molecule has 2 aromatic rings. The Balaban J connectivity index is 1.98. The fourth-order valence-electron chi connectivity index (χ4n) is 1.38. The normalized spacial score (nSPS) is 10.1. The third-order valence-corrected chi connectivity index (χ3v) is 2.19. The van der Waals surface area contributed by atoms with Crippen LogP contribution < -0.4 is 5.32 Å². The molecular weight excluding hydrogens is 204 g/mol. The Morgan fingerprint density at radius 2 is 2.38 bits per heavy atom. The van der Waals surface area contributed by atoms with Crippen molar-refractivity contribution in [2.24, 2.45) is 0 Å². The molecule has 0 fully saturated rings. The van der Waals surface area contributed by atoms with Gasteiger partial charge in [0.2, 0.25) is 0 Å². The number of hydrogen-bond acceptors (Lipinski definition) is 3. The molecule has 0 saturated carbocycles. The van der Waals surface area contributed by atoms with Crippen molar-refractivity contribution < 1.29 is 9.21 Å². The maximum absolute atomic E-state index is 11.7. The summed E-state index contributed by atoms with van der Waals surface area (Å²) < 4.78 is 4.81. The quantitative estimate of drug-likeness (QED) is 0.852. The number of nitrogens with one attached hydrogen (secondary N) is 1. The molecule has 0 atom stereocenters. The van der Waals surface area contributed by atoms with E-state index in [4.69, 9.17) is 4.42 Å². The van der Waals surface area contributed by atoms with Crippen molar-refractivity contribution in [2.75, 3.05) is 0 Å². The first kappa shape index (κ1) is 10.4. The second kappa shape index (κ2) is 4.61. The number of nitrogens with zero attached hydrogens (tertiary/aromatic N) is 1. The molecule has 0 radical (unpaired) electrons. The molecule has 1 N–H and O–H groups in total. The molecule has 1 heterocycles. The van der Waals surface area contributed by atoms with Crippen LogP contribution in [0.2, 0.25) is 0 Å². The molecule has 4 heteroatoms. The van der Waals surface area contributed by atoms with E-state index in [1.807, 2.05) is 25.1 Å². The second-order valence-corrected chi connectivity index (χ2v) is 3.53. The van der Waals surface area contributed by atoms with Gasteiger partial charge in [-0.05, 0) is 19.1 Å². The Morgan fingerprint density at radius 3 is 3.06 bits per heavy atom. The topological polar surface area (TPSA) is 55.1 Å². The van der Waals surface area contributed by atoms with Crippen molar-refractivity contribution in [3.05, 3.63) is 53.7 Å². The lowest BCUT2D eigenvalue weighted by molar-refractivity contribution is 0.0950. The SMILES string of the molecule is Cc1cccc(C(=O)NCc2cocn2)c1. The molecule has 0 saturated heterocycles. The summed E-state index contributed by atoms with van der Waals surface area (Å²) in [5.74, 6) is -0.105. The van der Waals surface area contributed by atoms with Crippen LogP contribution in [0.25, 0.3) is 0 Å². The molecule has 4 nitrogen and oxygen atoms in total. The molecule has 0 aliphatic heterocycles. The Morgan fingerprint density at radius 1 is 1.50 bits per heavy atom. The van der Waals surface area contributed by atoms with E-state index in [1.165, 1.54) is 12.7 Å². The summed E-state index contributed by atoms with van der Waals surface area (Å²) in [6, 6.07) is 7.44. The van der Waals surface area contributed by atoms with Crippen molar-refractivity contribution in [1.82, 2.24) is 10.3 Å². The average molecular weight is 216 g/mol. The highest BCUT2D eigenvalue weighted by molar-refractivity contribution is 5.94. The summed E-state index contributed by atoms with van der Waals surface area (Å²) in [5, 5.41) is 2.77. The number of benzene rings is 1. The molecule has 82 valence electrons. The third kappa shape index (κ3) is 2.48. The number of carbonyl (C=O) groups excluding carboxylic acids is 1. The van der Waals surface area contributed by atoms with Crippen molar-refractivity contribution in [1.29, 1.82) is 0 Å². The van der Waals surface area contributed by atoms with Gasteiger partial charge in [0.05, 0.1) is 12.2 Å². The van der Waals surface area contributed by atoms with Crippen molar-refractivity contribution in [2.45, 2.75) is 13.5 Å². The minimum atomic E-state index is -0.105. The molecule has 0 unspecified atom stereocenters. The summed E-state index contributed by atoms with van der Waals surface area (Å²) in [7, 11) is 0. The van der Waals surface area contributed by atoms with Gasteiger partial charge in [-0.1, -0.05) is 17.7 Å². The molecule has 2 rings (SSSR count). The largest absolute Gasteiger partial charge is 0.451 e. The highest BCUT2D eigenvalue weighted by Gasteiger charge is 2.05. The van der Waals surface area contributed by atoms with Crippen LogP contribution in [0, 0.1) is 6.92 Å². The van der Waals surface area contributed by atoms with Gasteiger partial charge < -0.3 is 9.73 Å². The lowest BCUT2D eigenvalue weighted by Crippen LogP contribution is -2.22. The van der Waals surface area contributed by atoms with Crippen molar-refractivity contribution in [3.63, 3.8) is 0 Å². The van der Waals surface area contributed by atoms with Crippen molar-refractivity contribution in [3.8, 4) is 0 Å². The van der Waals surface area contributed by atoms with Gasteiger partial charge in [0.1, 0.15) is 6.26 Å². The first-order valence-corrected chi connectivity index (χ1v) is 4.97. The Labute approximate surface area is 93.3 Å². The zero-order valence-electron chi connectivity index (χ0n) is 8.93. The predicted octanol–water partition coefficient (Wildman–Crippen LogP) is 1.91. The molecular formula is C12H12N2O2. The molecule has 1 aromatic carbocycles. The van der Waals surface area contributed by atoms with E-state index in [1.54, 1.807) is 6.07 Å². The number of hydrogen-bond donors (Lipinski definition) is 1. The minimum Gasteiger partial charge on any atom is -0.451 e. The molecule has 16 heavy (non-hydrogen) atoms. The van der Waals surface area contributed by atoms with Crippen LogP contribution in [0.1, 0.15) is 21.6 Å². The van der Waals surface area contributed by atoms with E-state index in [0.29, 0.717) is 17.8 Å². The number of carbonyl (C=O) groups is 1. The minimum absolute atomic E-state index is 0.105.